The fourth-order valence-corrected chi connectivity index (χ4v) is 4.24. The van der Waals surface area contributed by atoms with Crippen LogP contribution in [0.15, 0.2) is 40.9 Å². The number of alkyl carbamates (subject to hydrolysis) is 1. The van der Waals surface area contributed by atoms with E-state index in [4.69, 9.17) is 18.9 Å². The van der Waals surface area contributed by atoms with Crippen LogP contribution in [0.3, 0.4) is 0 Å². The molecule has 1 aliphatic rings. The molecule has 0 radical (unpaired) electrons. The molecule has 0 saturated heterocycles. The molecule has 0 aliphatic heterocycles. The summed E-state index contributed by atoms with van der Waals surface area (Å²) in [6.45, 7) is 2.41. The predicted molar refractivity (Wildman–Crippen MR) is 138 cm³/mol. The fraction of sp³-hybridized carbons (Fsp3) is 0.360. The van der Waals surface area contributed by atoms with Crippen LogP contribution < -0.4 is 20.1 Å². The van der Waals surface area contributed by atoms with E-state index in [1.54, 1.807) is 7.11 Å². The number of H-pyrrole nitrogens is 1. The Morgan fingerprint density at radius 3 is 2.64 bits per heavy atom. The molecule has 1 aliphatic carbocycles. The third-order valence-corrected chi connectivity index (χ3v) is 6.03. The number of nitrogens with zero attached hydrogens (tertiary/aromatic N) is 1. The average molecular weight is 561 g/mol. The lowest BCUT2D eigenvalue weighted by atomic mass is 10.1. The van der Waals surface area contributed by atoms with Gasteiger partial charge in [-0.2, -0.15) is 5.10 Å². The molecule has 0 bridgehead atoms. The van der Waals surface area contributed by atoms with Gasteiger partial charge in [0.05, 0.1) is 46.3 Å². The zero-order chi connectivity index (χ0) is 25.3. The van der Waals surface area contributed by atoms with Gasteiger partial charge in [0, 0.05) is 34.3 Å². The average Bonchev–Trinajstić information content (AvgIpc) is 3.43. The van der Waals surface area contributed by atoms with Gasteiger partial charge >= 0.3 is 6.09 Å². The van der Waals surface area contributed by atoms with Crippen molar-refractivity contribution in [2.24, 2.45) is 0 Å². The zero-order valence-corrected chi connectivity index (χ0v) is 21.8. The molecule has 0 saturated carbocycles. The number of nitrogens with one attached hydrogen (secondary N) is 3. The molecule has 0 unspecified atom stereocenters. The highest BCUT2D eigenvalue weighted by molar-refractivity contribution is 9.10. The molecule has 1 amide bonds. The number of carbonyl (C=O) groups is 1. The monoisotopic (exact) mass is 560 g/mol. The van der Waals surface area contributed by atoms with Crippen molar-refractivity contribution in [1.29, 1.82) is 0 Å². The number of hydrogen-bond acceptors (Lipinski definition) is 8. The van der Waals surface area contributed by atoms with Crippen LogP contribution in [0, 0.1) is 0 Å². The quantitative estimate of drug-likeness (QED) is 0.208. The molecule has 1 heterocycles. The Morgan fingerprint density at radius 1 is 1.06 bits per heavy atom. The Morgan fingerprint density at radius 2 is 1.86 bits per heavy atom. The van der Waals surface area contributed by atoms with Gasteiger partial charge in [0.1, 0.15) is 6.61 Å². The third kappa shape index (κ3) is 6.48. The summed E-state index contributed by atoms with van der Waals surface area (Å²) in [6, 6.07) is 12.0. The summed E-state index contributed by atoms with van der Waals surface area (Å²) in [5.74, 6) is 2.13. The molecule has 4 rings (SSSR count). The number of aromatic nitrogens is 2. The van der Waals surface area contributed by atoms with Crippen LogP contribution in [0.25, 0.3) is 11.3 Å². The highest BCUT2D eigenvalue weighted by Gasteiger charge is 2.27. The second kappa shape index (κ2) is 12.6. The molecule has 192 valence electrons. The first-order chi connectivity index (χ1) is 17.6. The number of halogens is 1. The number of methoxy groups -OCH3 is 2. The Hall–Kier alpha value is -3.28. The van der Waals surface area contributed by atoms with Gasteiger partial charge in [0.2, 0.25) is 0 Å². The zero-order valence-electron chi connectivity index (χ0n) is 20.2. The van der Waals surface area contributed by atoms with Crippen molar-refractivity contribution in [2.45, 2.75) is 6.42 Å². The summed E-state index contributed by atoms with van der Waals surface area (Å²) in [4.78, 5) is 10.9. The third-order valence-electron chi connectivity index (χ3n) is 5.54. The van der Waals surface area contributed by atoms with E-state index in [9.17, 15) is 4.79 Å². The first kappa shape index (κ1) is 25.8. The van der Waals surface area contributed by atoms with E-state index < -0.39 is 6.09 Å². The topological polar surface area (TPSA) is 116 Å². The molecule has 11 heteroatoms. The van der Waals surface area contributed by atoms with E-state index >= 15 is 0 Å². The summed E-state index contributed by atoms with van der Waals surface area (Å²) in [5, 5.41) is 13.6. The van der Waals surface area contributed by atoms with Gasteiger partial charge in [-0.1, -0.05) is 22.0 Å². The molecule has 1 aromatic heterocycles. The number of rotatable bonds is 13. The highest BCUT2D eigenvalue weighted by Crippen LogP contribution is 2.44. The van der Waals surface area contributed by atoms with Crippen molar-refractivity contribution in [3.8, 4) is 22.8 Å². The van der Waals surface area contributed by atoms with Gasteiger partial charge in [0.15, 0.2) is 17.3 Å². The van der Waals surface area contributed by atoms with Gasteiger partial charge < -0.3 is 34.3 Å². The molecule has 3 N–H and O–H groups in total. The van der Waals surface area contributed by atoms with E-state index in [1.165, 1.54) is 7.11 Å². The number of amides is 1. The Labute approximate surface area is 217 Å². The van der Waals surface area contributed by atoms with Gasteiger partial charge in [-0.3, -0.25) is 5.10 Å². The second-order valence-electron chi connectivity index (χ2n) is 7.89. The SMILES string of the molecule is COC(=O)NCCOCCOCCOc1cc2c(cc1OC)-c1[nH]nc(Nc3cccc(Br)c3)c1C2. The summed E-state index contributed by atoms with van der Waals surface area (Å²) in [6.07, 6.45) is 0.257. The maximum absolute atomic E-state index is 10.9. The molecular formula is C25H29BrN4O6. The molecule has 36 heavy (non-hydrogen) atoms. The standard InChI is InChI=1S/C25H29BrN4O6/c1-32-21-15-19-16(12-20-23(19)29-30-24(20)28-18-5-3-4-17(26)14-18)13-22(21)36-11-10-35-9-8-34-7-6-27-25(31)33-2/h3-5,13-15H,6-12H2,1-2H3,(H,27,31)(H2,28,29,30). The number of hydrogen-bond donors (Lipinski definition) is 3. The summed E-state index contributed by atoms with van der Waals surface area (Å²) >= 11 is 3.50. The predicted octanol–water partition coefficient (Wildman–Crippen LogP) is 4.26. The van der Waals surface area contributed by atoms with Crippen LogP contribution in [0.1, 0.15) is 11.1 Å². The number of carbonyl (C=O) groups excluding carboxylic acids is 1. The minimum Gasteiger partial charge on any atom is -0.493 e. The molecular weight excluding hydrogens is 532 g/mol. The maximum atomic E-state index is 10.9. The van der Waals surface area contributed by atoms with Crippen molar-refractivity contribution in [3.63, 3.8) is 0 Å². The summed E-state index contributed by atoms with van der Waals surface area (Å²) in [5.41, 5.74) is 5.24. The molecule has 10 nitrogen and oxygen atoms in total. The van der Waals surface area contributed by atoms with Gasteiger partial charge in [-0.25, -0.2) is 4.79 Å². The van der Waals surface area contributed by atoms with E-state index in [2.05, 4.69) is 41.5 Å². The Bertz CT molecular complexity index is 1190. The number of fused-ring (bicyclic) bond motifs is 3. The van der Waals surface area contributed by atoms with Crippen molar-refractivity contribution in [1.82, 2.24) is 15.5 Å². The van der Waals surface area contributed by atoms with Crippen LogP contribution >= 0.6 is 15.9 Å². The van der Waals surface area contributed by atoms with Crippen LogP contribution in [-0.2, 0) is 20.6 Å². The van der Waals surface area contributed by atoms with Gasteiger partial charge in [-0.15, -0.1) is 0 Å². The van der Waals surface area contributed by atoms with E-state index in [0.717, 1.165) is 44.8 Å². The van der Waals surface area contributed by atoms with Crippen molar-refractivity contribution in [3.05, 3.63) is 52.0 Å². The van der Waals surface area contributed by atoms with Crippen molar-refractivity contribution >= 4 is 33.5 Å². The lowest BCUT2D eigenvalue weighted by Gasteiger charge is -2.13. The van der Waals surface area contributed by atoms with Crippen molar-refractivity contribution < 1.29 is 28.5 Å². The Kier molecular flexibility index (Phi) is 9.04. The van der Waals surface area contributed by atoms with Crippen LogP contribution in [0.5, 0.6) is 11.5 Å². The summed E-state index contributed by atoms with van der Waals surface area (Å²) in [7, 11) is 2.94. The van der Waals surface area contributed by atoms with E-state index in [1.807, 2.05) is 36.4 Å². The second-order valence-corrected chi connectivity index (χ2v) is 8.81. The van der Waals surface area contributed by atoms with Crippen LogP contribution in [0.2, 0.25) is 0 Å². The minimum absolute atomic E-state index is 0.377. The normalized spacial score (nSPS) is 11.5. The van der Waals surface area contributed by atoms with Crippen molar-refractivity contribution in [2.75, 3.05) is 59.1 Å². The summed E-state index contributed by atoms with van der Waals surface area (Å²) < 4.78 is 28.0. The smallest absolute Gasteiger partial charge is 0.406 e. The first-order valence-electron chi connectivity index (χ1n) is 11.5. The van der Waals surface area contributed by atoms with Crippen LogP contribution in [0.4, 0.5) is 16.3 Å². The molecule has 3 aromatic rings. The van der Waals surface area contributed by atoms with E-state index in [-0.39, 0.29) is 0 Å². The Balaban J connectivity index is 1.26. The number of benzene rings is 2. The van der Waals surface area contributed by atoms with Gasteiger partial charge in [-0.05, 0) is 35.9 Å². The largest absolute Gasteiger partial charge is 0.493 e. The lowest BCUT2D eigenvalue weighted by molar-refractivity contribution is 0.0369. The van der Waals surface area contributed by atoms with Crippen LogP contribution in [-0.4, -0.2) is 70.1 Å². The molecule has 0 atom stereocenters. The maximum Gasteiger partial charge on any atom is 0.406 e. The molecule has 2 aromatic carbocycles. The first-order valence-corrected chi connectivity index (χ1v) is 12.3. The molecule has 0 spiro atoms. The van der Waals surface area contributed by atoms with Gasteiger partial charge in [0.25, 0.3) is 0 Å². The number of ether oxygens (including phenoxy) is 5. The highest BCUT2D eigenvalue weighted by atomic mass is 79.9. The minimum atomic E-state index is -0.475. The van der Waals surface area contributed by atoms with E-state index in [0.29, 0.717) is 51.1 Å². The number of anilines is 2. The fourth-order valence-electron chi connectivity index (χ4n) is 3.84. The lowest BCUT2D eigenvalue weighted by Crippen LogP contribution is -2.27. The number of aromatic amines is 1. The molecule has 0 fully saturated rings.